The van der Waals surface area contributed by atoms with Gasteiger partial charge in [0.1, 0.15) is 0 Å². The zero-order chi connectivity index (χ0) is 12.0. The number of azide groups is 1. The van der Waals surface area contributed by atoms with Crippen LogP contribution in [0.1, 0.15) is 33.1 Å². The molecular weight excluding hydrogens is 204 g/mol. The molecule has 90 valence electrons. The molecule has 0 radical (unpaired) electrons. The molecule has 0 aliphatic carbocycles. The van der Waals surface area contributed by atoms with Crippen LogP contribution in [0.4, 0.5) is 0 Å². The topological polar surface area (TPSA) is 69.1 Å². The molecule has 1 aliphatic heterocycles. The average molecular weight is 224 g/mol. The lowest BCUT2D eigenvalue weighted by Gasteiger charge is -2.23. The Hall–Kier alpha value is -1.22. The molecule has 0 aromatic carbocycles. The second-order valence-electron chi connectivity index (χ2n) is 4.79. The molecule has 5 nitrogen and oxygen atoms in total. The van der Waals surface area contributed by atoms with Gasteiger partial charge in [0.2, 0.25) is 5.91 Å². The van der Waals surface area contributed by atoms with E-state index in [0.717, 1.165) is 19.4 Å². The van der Waals surface area contributed by atoms with E-state index in [1.54, 1.807) is 0 Å². The zero-order valence-corrected chi connectivity index (χ0v) is 10.1. The van der Waals surface area contributed by atoms with Crippen molar-refractivity contribution in [2.45, 2.75) is 33.1 Å². The van der Waals surface area contributed by atoms with Crippen molar-refractivity contribution in [3.8, 4) is 0 Å². The number of nitrogens with zero attached hydrogens (tertiary/aromatic N) is 4. The van der Waals surface area contributed by atoms with E-state index in [9.17, 15) is 4.79 Å². The molecule has 16 heavy (non-hydrogen) atoms. The Morgan fingerprint density at radius 2 is 2.38 bits per heavy atom. The van der Waals surface area contributed by atoms with Crippen LogP contribution in [0.2, 0.25) is 0 Å². The summed E-state index contributed by atoms with van der Waals surface area (Å²) < 4.78 is 0. The van der Waals surface area contributed by atoms with Crippen molar-refractivity contribution in [2.24, 2.45) is 17.0 Å². The molecule has 0 bridgehead atoms. The van der Waals surface area contributed by atoms with Crippen molar-refractivity contribution >= 4 is 5.91 Å². The van der Waals surface area contributed by atoms with Crippen LogP contribution in [0, 0.1) is 11.8 Å². The van der Waals surface area contributed by atoms with Crippen molar-refractivity contribution in [1.82, 2.24) is 4.90 Å². The van der Waals surface area contributed by atoms with Crippen LogP contribution >= 0.6 is 0 Å². The quantitative estimate of drug-likeness (QED) is 0.411. The van der Waals surface area contributed by atoms with Gasteiger partial charge in [0.15, 0.2) is 0 Å². The molecule has 1 amide bonds. The first-order valence-corrected chi connectivity index (χ1v) is 5.92. The molecule has 0 N–H and O–H groups in total. The standard InChI is InChI=1S/C11H20N4O/c1-9-3-4-11(16)15(6-5-9)8-10(2)7-13-14-12/h9-10H,3-8H2,1-2H3/t9-,10+/m1/s1. The Bertz CT molecular complexity index is 286. The van der Waals surface area contributed by atoms with Crippen molar-refractivity contribution in [1.29, 1.82) is 0 Å². The molecule has 5 heteroatoms. The lowest BCUT2D eigenvalue weighted by atomic mass is 10.0. The third-order valence-corrected chi connectivity index (χ3v) is 3.08. The largest absolute Gasteiger partial charge is 0.342 e. The van der Waals surface area contributed by atoms with Crippen LogP contribution in [0.3, 0.4) is 0 Å². The van der Waals surface area contributed by atoms with E-state index in [0.29, 0.717) is 25.4 Å². The van der Waals surface area contributed by atoms with Gasteiger partial charge in [0.05, 0.1) is 0 Å². The second-order valence-corrected chi connectivity index (χ2v) is 4.79. The second kappa shape index (κ2) is 6.38. The third-order valence-electron chi connectivity index (χ3n) is 3.08. The molecular formula is C11H20N4O. The highest BCUT2D eigenvalue weighted by Crippen LogP contribution is 2.18. The number of carbonyl (C=O) groups excluding carboxylic acids is 1. The third kappa shape index (κ3) is 4.11. The SMILES string of the molecule is C[C@@H]1CCC(=O)N(C[C@@H](C)CN=[N+]=[N-])CC1. The minimum absolute atomic E-state index is 0.244. The lowest BCUT2D eigenvalue weighted by Crippen LogP contribution is -2.35. The summed E-state index contributed by atoms with van der Waals surface area (Å²) in [7, 11) is 0. The Balaban J connectivity index is 2.44. The maximum absolute atomic E-state index is 11.8. The van der Waals surface area contributed by atoms with E-state index in [1.165, 1.54) is 0 Å². The lowest BCUT2D eigenvalue weighted by molar-refractivity contribution is -0.131. The average Bonchev–Trinajstić information content (AvgIpc) is 2.41. The van der Waals surface area contributed by atoms with E-state index < -0.39 is 0 Å². The monoisotopic (exact) mass is 224 g/mol. The predicted molar refractivity (Wildman–Crippen MR) is 62.8 cm³/mol. The molecule has 1 rings (SSSR count). The van der Waals surface area contributed by atoms with Gasteiger partial charge in [-0.2, -0.15) is 0 Å². The van der Waals surface area contributed by atoms with Crippen molar-refractivity contribution in [3.63, 3.8) is 0 Å². The van der Waals surface area contributed by atoms with Crippen molar-refractivity contribution in [3.05, 3.63) is 10.4 Å². The number of carbonyl (C=O) groups is 1. The van der Waals surface area contributed by atoms with E-state index in [4.69, 9.17) is 5.53 Å². The molecule has 0 spiro atoms. The first-order valence-electron chi connectivity index (χ1n) is 5.92. The normalized spacial score (nSPS) is 23.5. The fourth-order valence-electron chi connectivity index (χ4n) is 1.98. The molecule has 2 atom stereocenters. The summed E-state index contributed by atoms with van der Waals surface area (Å²) in [4.78, 5) is 16.4. The summed E-state index contributed by atoms with van der Waals surface area (Å²) >= 11 is 0. The van der Waals surface area contributed by atoms with Gasteiger partial charge in [-0.25, -0.2) is 0 Å². The van der Waals surface area contributed by atoms with Gasteiger partial charge in [0.25, 0.3) is 0 Å². The first-order chi connectivity index (χ1) is 7.63. The Morgan fingerprint density at radius 3 is 3.06 bits per heavy atom. The summed E-state index contributed by atoms with van der Waals surface area (Å²) in [5, 5.41) is 3.54. The molecule has 1 heterocycles. The van der Waals surface area contributed by atoms with Crippen molar-refractivity contribution in [2.75, 3.05) is 19.6 Å². The highest BCUT2D eigenvalue weighted by Gasteiger charge is 2.21. The molecule has 0 saturated carbocycles. The number of rotatable bonds is 4. The summed E-state index contributed by atoms with van der Waals surface area (Å²) in [6.07, 6.45) is 2.75. The molecule has 0 aromatic heterocycles. The van der Waals surface area contributed by atoms with Gasteiger partial charge < -0.3 is 4.90 Å². The Kier molecular flexibility index (Phi) is 5.12. The van der Waals surface area contributed by atoms with Crippen molar-refractivity contribution < 1.29 is 4.79 Å². The van der Waals surface area contributed by atoms with Crippen LogP contribution in [0.15, 0.2) is 5.11 Å². The van der Waals surface area contributed by atoms with Gasteiger partial charge in [-0.1, -0.05) is 19.0 Å². The fourth-order valence-corrected chi connectivity index (χ4v) is 1.98. The van der Waals surface area contributed by atoms with Gasteiger partial charge in [-0.15, -0.1) is 0 Å². The predicted octanol–water partition coefficient (Wildman–Crippen LogP) is 2.58. The number of hydrogen-bond acceptors (Lipinski definition) is 2. The van der Waals surface area contributed by atoms with E-state index in [1.807, 2.05) is 11.8 Å². The van der Waals surface area contributed by atoms with Gasteiger partial charge >= 0.3 is 0 Å². The summed E-state index contributed by atoms with van der Waals surface area (Å²) in [6, 6.07) is 0. The van der Waals surface area contributed by atoms with Gasteiger partial charge in [0, 0.05) is 31.0 Å². The van der Waals surface area contributed by atoms with Gasteiger partial charge in [-0.05, 0) is 30.2 Å². The van der Waals surface area contributed by atoms with E-state index >= 15 is 0 Å². The van der Waals surface area contributed by atoms with Gasteiger partial charge in [-0.3, -0.25) is 4.79 Å². The highest BCUT2D eigenvalue weighted by molar-refractivity contribution is 5.76. The summed E-state index contributed by atoms with van der Waals surface area (Å²) in [5.74, 6) is 1.13. The highest BCUT2D eigenvalue weighted by atomic mass is 16.2. The Morgan fingerprint density at radius 1 is 1.62 bits per heavy atom. The molecule has 0 unspecified atom stereocenters. The molecule has 1 saturated heterocycles. The Labute approximate surface area is 96.4 Å². The number of hydrogen-bond donors (Lipinski definition) is 0. The maximum Gasteiger partial charge on any atom is 0.222 e. The van der Waals surface area contributed by atoms with Crippen LogP contribution in [0.25, 0.3) is 10.4 Å². The van der Waals surface area contributed by atoms with Crippen LogP contribution in [-0.4, -0.2) is 30.4 Å². The van der Waals surface area contributed by atoms with Crippen LogP contribution in [0.5, 0.6) is 0 Å². The minimum Gasteiger partial charge on any atom is -0.342 e. The maximum atomic E-state index is 11.8. The zero-order valence-electron chi connectivity index (χ0n) is 10.1. The molecule has 1 aliphatic rings. The fraction of sp³-hybridized carbons (Fsp3) is 0.909. The van der Waals surface area contributed by atoms with Crippen LogP contribution in [-0.2, 0) is 4.79 Å². The van der Waals surface area contributed by atoms with E-state index in [-0.39, 0.29) is 11.8 Å². The first kappa shape index (κ1) is 12.8. The van der Waals surface area contributed by atoms with E-state index in [2.05, 4.69) is 16.9 Å². The minimum atomic E-state index is 0.244. The summed E-state index contributed by atoms with van der Waals surface area (Å²) in [6.45, 7) is 6.23. The number of amides is 1. The summed E-state index contributed by atoms with van der Waals surface area (Å²) in [5.41, 5.74) is 8.23. The number of likely N-dealkylation sites (tertiary alicyclic amines) is 1. The smallest absolute Gasteiger partial charge is 0.222 e. The van der Waals surface area contributed by atoms with Crippen LogP contribution < -0.4 is 0 Å². The molecule has 0 aromatic rings. The molecule has 1 fully saturated rings.